The molecule has 1 aromatic carbocycles. The zero-order chi connectivity index (χ0) is 14.3. The summed E-state index contributed by atoms with van der Waals surface area (Å²) < 4.78 is 0. The van der Waals surface area contributed by atoms with Crippen molar-refractivity contribution in [2.24, 2.45) is 0 Å². The average molecular weight is 264 g/mol. The Morgan fingerprint density at radius 2 is 1.95 bits per heavy atom. The second kappa shape index (κ2) is 4.66. The lowest BCUT2D eigenvalue weighted by molar-refractivity contribution is -0.116. The number of carbonyl (C=O) groups is 2. The molecule has 1 atom stereocenters. The number of aliphatic hydroxyl groups excluding tert-OH is 1. The summed E-state index contributed by atoms with van der Waals surface area (Å²) in [6, 6.07) is 0. The highest BCUT2D eigenvalue weighted by atomic mass is 16.3. The predicted molar refractivity (Wildman–Crippen MR) is 67.4 cm³/mol. The van der Waals surface area contributed by atoms with Crippen LogP contribution in [0.2, 0.25) is 0 Å². The molecule has 0 aliphatic heterocycles. The highest BCUT2D eigenvalue weighted by molar-refractivity contribution is 6.03. The Morgan fingerprint density at radius 1 is 1.32 bits per heavy atom. The lowest BCUT2D eigenvalue weighted by Crippen LogP contribution is -2.18. The predicted octanol–water partition coefficient (Wildman–Crippen LogP) is 1.55. The Labute approximate surface area is 110 Å². The summed E-state index contributed by atoms with van der Waals surface area (Å²) >= 11 is 0. The molecule has 1 aliphatic rings. The number of hydrogen-bond acceptors (Lipinski definition) is 5. The van der Waals surface area contributed by atoms with Crippen LogP contribution in [0.5, 0.6) is 11.5 Å². The molecule has 1 aromatic rings. The van der Waals surface area contributed by atoms with Gasteiger partial charge in [0.1, 0.15) is 17.3 Å². The largest absolute Gasteiger partial charge is 0.507 e. The molecule has 0 aromatic heterocycles. The van der Waals surface area contributed by atoms with Crippen molar-refractivity contribution >= 4 is 11.6 Å². The van der Waals surface area contributed by atoms with Crippen LogP contribution in [-0.2, 0) is 11.2 Å². The minimum absolute atomic E-state index is 0.0434. The number of rotatable bonds is 2. The van der Waals surface area contributed by atoms with E-state index in [0.29, 0.717) is 5.56 Å². The van der Waals surface area contributed by atoms with Gasteiger partial charge in [0.25, 0.3) is 0 Å². The second-order valence-corrected chi connectivity index (χ2v) is 4.95. The lowest BCUT2D eigenvalue weighted by Gasteiger charge is -2.25. The maximum absolute atomic E-state index is 11.9. The minimum Gasteiger partial charge on any atom is -0.507 e. The van der Waals surface area contributed by atoms with Crippen LogP contribution in [0.4, 0.5) is 0 Å². The molecule has 1 unspecified atom stereocenters. The van der Waals surface area contributed by atoms with Crippen molar-refractivity contribution in [1.29, 1.82) is 0 Å². The maximum Gasteiger partial charge on any atom is 0.167 e. The first kappa shape index (κ1) is 13.5. The van der Waals surface area contributed by atoms with E-state index in [1.165, 1.54) is 6.92 Å². The summed E-state index contributed by atoms with van der Waals surface area (Å²) in [5.41, 5.74) is 0.628. The van der Waals surface area contributed by atoms with Gasteiger partial charge in [-0.05, 0) is 25.8 Å². The van der Waals surface area contributed by atoms with Crippen LogP contribution in [0.25, 0.3) is 0 Å². The number of phenolic OH excluding ortho intramolecular Hbond substituents is 2. The Kier molecular flexibility index (Phi) is 3.32. The monoisotopic (exact) mass is 264 g/mol. The van der Waals surface area contributed by atoms with Gasteiger partial charge in [0.05, 0.1) is 11.7 Å². The molecule has 0 amide bonds. The van der Waals surface area contributed by atoms with E-state index in [9.17, 15) is 24.9 Å². The van der Waals surface area contributed by atoms with Crippen molar-refractivity contribution in [3.8, 4) is 11.5 Å². The number of Topliss-reactive ketones (excluding diaryl/α,β-unsaturated/α-hetero) is 2. The van der Waals surface area contributed by atoms with Crippen molar-refractivity contribution in [2.75, 3.05) is 0 Å². The molecule has 19 heavy (non-hydrogen) atoms. The molecule has 0 saturated carbocycles. The molecule has 0 radical (unpaired) electrons. The fraction of sp³-hybridized carbons (Fsp3) is 0.429. The maximum atomic E-state index is 11.9. The van der Waals surface area contributed by atoms with Gasteiger partial charge in [-0.3, -0.25) is 9.59 Å². The van der Waals surface area contributed by atoms with Gasteiger partial charge >= 0.3 is 0 Å². The van der Waals surface area contributed by atoms with Crippen LogP contribution in [0, 0.1) is 6.92 Å². The van der Waals surface area contributed by atoms with E-state index in [0.717, 1.165) is 0 Å². The molecule has 0 saturated heterocycles. The SMILES string of the molecule is CC(=O)Cc1c(C)c(O)c2c(c1O)C(=O)CCC2O. The number of carbonyl (C=O) groups excluding carboxylic acids is 2. The van der Waals surface area contributed by atoms with Crippen molar-refractivity contribution in [2.45, 2.75) is 39.2 Å². The van der Waals surface area contributed by atoms with E-state index in [-0.39, 0.29) is 59.0 Å². The fourth-order valence-corrected chi connectivity index (χ4v) is 2.53. The van der Waals surface area contributed by atoms with Gasteiger partial charge in [-0.2, -0.15) is 0 Å². The van der Waals surface area contributed by atoms with Gasteiger partial charge in [0.2, 0.25) is 0 Å². The van der Waals surface area contributed by atoms with Gasteiger partial charge < -0.3 is 15.3 Å². The smallest absolute Gasteiger partial charge is 0.167 e. The number of benzene rings is 1. The minimum atomic E-state index is -0.969. The van der Waals surface area contributed by atoms with Crippen LogP contribution < -0.4 is 0 Å². The third kappa shape index (κ3) is 2.10. The molecule has 102 valence electrons. The normalized spacial score (nSPS) is 18.3. The van der Waals surface area contributed by atoms with Gasteiger partial charge in [0.15, 0.2) is 5.78 Å². The van der Waals surface area contributed by atoms with Crippen LogP contribution in [0.15, 0.2) is 0 Å². The number of aliphatic hydroxyl groups is 1. The van der Waals surface area contributed by atoms with Gasteiger partial charge in [0, 0.05) is 24.0 Å². The van der Waals surface area contributed by atoms with Crippen LogP contribution >= 0.6 is 0 Å². The fourth-order valence-electron chi connectivity index (χ4n) is 2.53. The number of hydrogen-bond donors (Lipinski definition) is 3. The summed E-state index contributed by atoms with van der Waals surface area (Å²) in [5, 5.41) is 30.2. The molecule has 2 rings (SSSR count). The third-order valence-electron chi connectivity index (χ3n) is 3.54. The lowest BCUT2D eigenvalue weighted by atomic mass is 9.83. The number of phenols is 2. The molecule has 0 bridgehead atoms. The van der Waals surface area contributed by atoms with Crippen molar-refractivity contribution < 1.29 is 24.9 Å². The molecule has 1 aliphatic carbocycles. The van der Waals surface area contributed by atoms with Crippen LogP contribution in [-0.4, -0.2) is 26.9 Å². The van der Waals surface area contributed by atoms with E-state index in [1.807, 2.05) is 0 Å². The zero-order valence-electron chi connectivity index (χ0n) is 10.9. The van der Waals surface area contributed by atoms with Crippen LogP contribution in [0.1, 0.15) is 52.9 Å². The zero-order valence-corrected chi connectivity index (χ0v) is 10.9. The Balaban J connectivity index is 2.75. The molecular weight excluding hydrogens is 248 g/mol. The summed E-state index contributed by atoms with van der Waals surface area (Å²) in [4.78, 5) is 23.1. The Hall–Kier alpha value is -1.88. The molecule has 5 heteroatoms. The van der Waals surface area contributed by atoms with E-state index < -0.39 is 6.10 Å². The summed E-state index contributed by atoms with van der Waals surface area (Å²) in [5.74, 6) is -0.992. The van der Waals surface area contributed by atoms with E-state index in [1.54, 1.807) is 6.92 Å². The summed E-state index contributed by atoms with van der Waals surface area (Å²) in [6.07, 6.45) is -0.681. The Morgan fingerprint density at radius 3 is 2.53 bits per heavy atom. The highest BCUT2D eigenvalue weighted by Gasteiger charge is 2.33. The van der Waals surface area contributed by atoms with E-state index in [2.05, 4.69) is 0 Å². The average Bonchev–Trinajstić information content (AvgIpc) is 2.34. The number of aromatic hydroxyl groups is 2. The molecule has 0 spiro atoms. The van der Waals surface area contributed by atoms with Crippen molar-refractivity contribution in [3.63, 3.8) is 0 Å². The quantitative estimate of drug-likeness (QED) is 0.704. The van der Waals surface area contributed by atoms with Crippen molar-refractivity contribution in [1.82, 2.24) is 0 Å². The first-order chi connectivity index (χ1) is 8.84. The molecular formula is C14H16O5. The van der Waals surface area contributed by atoms with Gasteiger partial charge in [-0.1, -0.05) is 0 Å². The Bertz CT molecular complexity index is 574. The number of fused-ring (bicyclic) bond motifs is 1. The van der Waals surface area contributed by atoms with Crippen molar-refractivity contribution in [3.05, 3.63) is 22.3 Å². The summed E-state index contributed by atoms with van der Waals surface area (Å²) in [7, 11) is 0. The molecule has 0 fully saturated rings. The topological polar surface area (TPSA) is 94.8 Å². The second-order valence-electron chi connectivity index (χ2n) is 4.95. The first-order valence-corrected chi connectivity index (χ1v) is 6.12. The third-order valence-corrected chi connectivity index (χ3v) is 3.54. The first-order valence-electron chi connectivity index (χ1n) is 6.12. The van der Waals surface area contributed by atoms with Gasteiger partial charge in [-0.25, -0.2) is 0 Å². The van der Waals surface area contributed by atoms with E-state index >= 15 is 0 Å². The highest BCUT2D eigenvalue weighted by Crippen LogP contribution is 2.44. The number of ketones is 2. The van der Waals surface area contributed by atoms with E-state index in [4.69, 9.17) is 0 Å². The van der Waals surface area contributed by atoms with Gasteiger partial charge in [-0.15, -0.1) is 0 Å². The van der Waals surface area contributed by atoms with Crippen LogP contribution in [0.3, 0.4) is 0 Å². The standard InChI is InChI=1S/C14H16O5/c1-6(15)5-8-7(2)13(18)11-9(16)3-4-10(17)12(11)14(8)19/h9,16,18-19H,3-5H2,1-2H3. The molecule has 0 heterocycles. The summed E-state index contributed by atoms with van der Waals surface area (Å²) in [6.45, 7) is 2.92. The molecule has 5 nitrogen and oxygen atoms in total. The molecule has 3 N–H and O–H groups in total.